The summed E-state index contributed by atoms with van der Waals surface area (Å²) in [4.78, 5) is 17.1. The van der Waals surface area contributed by atoms with Crippen molar-refractivity contribution in [2.24, 2.45) is 0 Å². The number of aromatic nitrogens is 2. The SMILES string of the molecule is [2H]c1c([2H])c(-c2nc3ccc(C)cn3c2C([2H])C(=O)N(C([2H])([2H])[2H])C([2H])([2H])[2H])c([2H])c([2H])c1C. The lowest BCUT2D eigenvalue weighted by molar-refractivity contribution is -0.128. The van der Waals surface area contributed by atoms with Crippen LogP contribution < -0.4 is 0 Å². The van der Waals surface area contributed by atoms with Crippen LogP contribution in [-0.2, 0) is 11.2 Å². The van der Waals surface area contributed by atoms with Crippen LogP contribution in [0, 0.1) is 13.8 Å². The van der Waals surface area contributed by atoms with Crippen molar-refractivity contribution in [3.05, 3.63) is 59.3 Å². The summed E-state index contributed by atoms with van der Waals surface area (Å²) in [5.74, 6) is -1.55. The van der Waals surface area contributed by atoms with Crippen molar-refractivity contribution in [1.82, 2.24) is 14.3 Å². The van der Waals surface area contributed by atoms with Crippen LogP contribution >= 0.6 is 0 Å². The summed E-state index contributed by atoms with van der Waals surface area (Å²) in [7, 11) is 0. The maximum absolute atomic E-state index is 13.1. The van der Waals surface area contributed by atoms with E-state index in [4.69, 9.17) is 15.1 Å². The minimum absolute atomic E-state index is 0.0920. The molecule has 4 nitrogen and oxygen atoms in total. The molecule has 4 heteroatoms. The fourth-order valence-electron chi connectivity index (χ4n) is 2.17. The molecule has 23 heavy (non-hydrogen) atoms. The van der Waals surface area contributed by atoms with Gasteiger partial charge in [-0.1, -0.05) is 35.8 Å². The largest absolute Gasteiger partial charge is 0.348 e. The molecular formula is C19H21N3O. The molecule has 2 aromatic heterocycles. The maximum Gasteiger partial charge on any atom is 0.228 e. The van der Waals surface area contributed by atoms with Gasteiger partial charge in [-0.05, 0) is 25.5 Å². The van der Waals surface area contributed by atoms with E-state index in [2.05, 4.69) is 4.98 Å². The Morgan fingerprint density at radius 1 is 1.26 bits per heavy atom. The van der Waals surface area contributed by atoms with E-state index in [-0.39, 0.29) is 45.1 Å². The van der Waals surface area contributed by atoms with Gasteiger partial charge >= 0.3 is 0 Å². The quantitative estimate of drug-likeness (QED) is 0.743. The van der Waals surface area contributed by atoms with Crippen molar-refractivity contribution in [3.63, 3.8) is 0 Å². The second-order valence-corrected chi connectivity index (χ2v) is 5.10. The Balaban J connectivity index is 2.38. The predicted octanol–water partition coefficient (Wildman–Crippen LogP) is 3.25. The molecule has 1 atom stereocenters. The molecule has 0 spiro atoms. The summed E-state index contributed by atoms with van der Waals surface area (Å²) in [5.41, 5.74) is 0.154. The van der Waals surface area contributed by atoms with Gasteiger partial charge < -0.3 is 9.30 Å². The fourth-order valence-corrected chi connectivity index (χ4v) is 2.17. The van der Waals surface area contributed by atoms with Gasteiger partial charge in [-0.15, -0.1) is 0 Å². The molecule has 0 saturated heterocycles. The van der Waals surface area contributed by atoms with Crippen LogP contribution in [0.4, 0.5) is 0 Å². The first-order valence-corrected chi connectivity index (χ1v) is 6.80. The van der Waals surface area contributed by atoms with Gasteiger partial charge in [-0.3, -0.25) is 4.79 Å². The smallest absolute Gasteiger partial charge is 0.228 e. The van der Waals surface area contributed by atoms with E-state index in [0.717, 1.165) is 0 Å². The van der Waals surface area contributed by atoms with Crippen molar-refractivity contribution in [2.45, 2.75) is 20.2 Å². The lowest BCUT2D eigenvalue weighted by atomic mass is 10.1. The van der Waals surface area contributed by atoms with Gasteiger partial charge in [0.2, 0.25) is 5.91 Å². The average molecular weight is 318 g/mol. The lowest BCUT2D eigenvalue weighted by Gasteiger charge is -2.11. The molecule has 3 aromatic rings. The van der Waals surface area contributed by atoms with Crippen molar-refractivity contribution >= 4 is 11.6 Å². The molecule has 118 valence electrons. The third-order valence-electron chi connectivity index (χ3n) is 3.27. The minimum Gasteiger partial charge on any atom is -0.348 e. The molecule has 2 heterocycles. The van der Waals surface area contributed by atoms with Gasteiger partial charge in [0.05, 0.1) is 23.3 Å². The summed E-state index contributed by atoms with van der Waals surface area (Å²) in [6.07, 6.45) is -0.619. The number of carbonyl (C=O) groups excluding carboxylic acids is 1. The number of carbonyl (C=O) groups is 1. The molecule has 1 unspecified atom stereocenters. The number of rotatable bonds is 3. The molecule has 0 saturated carbocycles. The highest BCUT2D eigenvalue weighted by Gasteiger charge is 2.18. The number of fused-ring (bicyclic) bond motifs is 1. The van der Waals surface area contributed by atoms with Crippen molar-refractivity contribution in [1.29, 1.82) is 0 Å². The zero-order chi connectivity index (χ0) is 25.9. The number of aryl methyl sites for hydroxylation is 1. The number of hydrogen-bond acceptors (Lipinski definition) is 2. The number of pyridine rings is 1. The third-order valence-corrected chi connectivity index (χ3v) is 3.27. The highest BCUT2D eigenvalue weighted by Crippen LogP contribution is 2.26. The number of imidazole rings is 1. The van der Waals surface area contributed by atoms with E-state index in [0.29, 0.717) is 5.56 Å². The van der Waals surface area contributed by atoms with Crippen molar-refractivity contribution < 1.29 is 19.9 Å². The third kappa shape index (κ3) is 2.97. The Bertz CT molecular complexity index is 1250. The monoisotopic (exact) mass is 318 g/mol. The van der Waals surface area contributed by atoms with E-state index in [9.17, 15) is 4.79 Å². The Labute approximate surface area is 151 Å². The van der Waals surface area contributed by atoms with E-state index in [1.165, 1.54) is 23.6 Å². The van der Waals surface area contributed by atoms with Crippen LogP contribution in [0.2, 0.25) is 0 Å². The number of benzene rings is 1. The Hall–Kier alpha value is -2.62. The van der Waals surface area contributed by atoms with Gasteiger partial charge in [0.15, 0.2) is 0 Å². The Morgan fingerprint density at radius 2 is 2.00 bits per heavy atom. The first-order chi connectivity index (χ1) is 15.5. The molecule has 0 fully saturated rings. The minimum atomic E-state index is -3.37. The summed E-state index contributed by atoms with van der Waals surface area (Å²) in [5, 5.41) is 0. The van der Waals surface area contributed by atoms with Crippen molar-refractivity contribution in [3.8, 4) is 11.3 Å². The molecule has 0 N–H and O–H groups in total. The van der Waals surface area contributed by atoms with Gasteiger partial charge in [-0.2, -0.15) is 0 Å². The van der Waals surface area contributed by atoms with Crippen LogP contribution in [-0.4, -0.2) is 34.1 Å². The van der Waals surface area contributed by atoms with Gasteiger partial charge in [-0.25, -0.2) is 4.98 Å². The fraction of sp³-hybridized carbons (Fsp3) is 0.263. The molecular weight excluding hydrogens is 286 g/mol. The van der Waals surface area contributed by atoms with Gasteiger partial charge in [0.1, 0.15) is 5.65 Å². The van der Waals surface area contributed by atoms with Crippen LogP contribution in [0.25, 0.3) is 16.9 Å². The molecule has 0 aliphatic heterocycles. The topological polar surface area (TPSA) is 37.6 Å². The zero-order valence-electron chi connectivity index (χ0n) is 23.6. The predicted molar refractivity (Wildman–Crippen MR) is 92.5 cm³/mol. The van der Waals surface area contributed by atoms with Crippen molar-refractivity contribution in [2.75, 3.05) is 14.0 Å². The average Bonchev–Trinajstić information content (AvgIpc) is 3.06. The first kappa shape index (κ1) is 6.87. The Kier molecular flexibility index (Phi) is 1.76. The first-order valence-electron chi connectivity index (χ1n) is 12.4. The van der Waals surface area contributed by atoms with E-state index in [1.54, 1.807) is 13.0 Å². The molecule has 1 aromatic carbocycles. The van der Waals surface area contributed by atoms with E-state index < -0.39 is 38.3 Å². The number of amides is 1. The number of nitrogens with zero attached hydrogens (tertiary/aromatic N) is 3. The van der Waals surface area contributed by atoms with Gasteiger partial charge in [0, 0.05) is 35.3 Å². The number of hydrogen-bond donors (Lipinski definition) is 0. The summed E-state index contributed by atoms with van der Waals surface area (Å²) in [6.45, 7) is -3.61. The second kappa shape index (κ2) is 5.88. The Morgan fingerprint density at radius 3 is 2.70 bits per heavy atom. The van der Waals surface area contributed by atoms with Crippen LogP contribution in [0.3, 0.4) is 0 Å². The lowest BCUT2D eigenvalue weighted by Crippen LogP contribution is -2.24. The summed E-state index contributed by atoms with van der Waals surface area (Å²) in [6, 6.07) is 1.63. The maximum atomic E-state index is 13.1. The molecule has 1 amide bonds. The molecule has 0 aliphatic carbocycles. The van der Waals surface area contributed by atoms with Gasteiger partial charge in [0.25, 0.3) is 0 Å². The standard InChI is InChI=1S/C19H21N3O/c1-13-5-8-15(9-6-13)19-16(11-18(23)21(3)4)22-12-14(2)7-10-17(22)20-19/h5-10,12H,11H2,1-4H3/i3D3,4D3,5D,6D,8D,9D,11D. The summed E-state index contributed by atoms with van der Waals surface area (Å²) < 4.78 is 88.0. The normalized spacial score (nSPS) is 20.3. The number of likely N-dealkylation sites (N-methyl/N-ethyl adjacent to an activating group) is 1. The molecule has 0 bridgehead atoms. The molecule has 3 rings (SSSR count). The highest BCUT2D eigenvalue weighted by molar-refractivity contribution is 5.81. The molecule has 0 radical (unpaired) electrons. The zero-order valence-corrected chi connectivity index (χ0v) is 12.6. The molecule has 0 aliphatic rings. The van der Waals surface area contributed by atoms with Crippen LogP contribution in [0.1, 0.15) is 31.9 Å². The van der Waals surface area contributed by atoms with E-state index in [1.807, 2.05) is 0 Å². The highest BCUT2D eigenvalue weighted by atomic mass is 16.2. The van der Waals surface area contributed by atoms with E-state index >= 15 is 0 Å². The van der Waals surface area contributed by atoms with Crippen LogP contribution in [0.5, 0.6) is 0 Å². The second-order valence-electron chi connectivity index (χ2n) is 5.10. The van der Waals surface area contributed by atoms with Crippen LogP contribution in [0.15, 0.2) is 42.5 Å². The summed E-state index contributed by atoms with van der Waals surface area (Å²) >= 11 is 0.